The summed E-state index contributed by atoms with van der Waals surface area (Å²) in [6, 6.07) is 10.4. The smallest absolute Gasteiger partial charge is 0.258 e. The van der Waals surface area contributed by atoms with Gasteiger partial charge >= 0.3 is 0 Å². The largest absolute Gasteiger partial charge is 0.290 e. The van der Waals surface area contributed by atoms with Crippen molar-refractivity contribution in [1.29, 1.82) is 0 Å². The molecule has 86 valence electrons. The van der Waals surface area contributed by atoms with Crippen molar-refractivity contribution in [1.82, 2.24) is 0 Å². The number of nitrogens with zero attached hydrogens (tertiary/aromatic N) is 1. The van der Waals surface area contributed by atoms with Crippen molar-refractivity contribution in [3.8, 4) is 11.1 Å². The quantitative estimate of drug-likeness (QED) is 0.501. The second kappa shape index (κ2) is 4.55. The molecule has 0 fully saturated rings. The zero-order valence-corrected chi connectivity index (χ0v) is 9.52. The Hall–Kier alpha value is -1.88. The molecule has 0 aliphatic rings. The van der Waals surface area contributed by atoms with E-state index in [-0.39, 0.29) is 16.4 Å². The fraction of sp³-hybridized carbons (Fsp3) is 0. The van der Waals surface area contributed by atoms with Crippen LogP contribution in [0, 0.1) is 15.9 Å². The molecule has 0 heterocycles. The Morgan fingerprint density at radius 2 is 1.76 bits per heavy atom. The second-order valence-electron chi connectivity index (χ2n) is 3.44. The van der Waals surface area contributed by atoms with Crippen LogP contribution in [0.2, 0.25) is 0 Å². The van der Waals surface area contributed by atoms with Crippen molar-refractivity contribution in [2.24, 2.45) is 0 Å². The van der Waals surface area contributed by atoms with E-state index in [0.29, 0.717) is 11.1 Å². The normalized spacial score (nSPS) is 10.2. The summed E-state index contributed by atoms with van der Waals surface area (Å²) in [5.41, 5.74) is 0.957. The van der Waals surface area contributed by atoms with Crippen molar-refractivity contribution in [2.75, 3.05) is 0 Å². The van der Waals surface area contributed by atoms with E-state index in [2.05, 4.69) is 12.6 Å². The molecule has 0 spiro atoms. The molecule has 0 saturated heterocycles. The molecule has 0 N–H and O–H groups in total. The molecular formula is C12H8FNO2S. The molecule has 0 saturated carbocycles. The molecule has 0 atom stereocenters. The summed E-state index contributed by atoms with van der Waals surface area (Å²) in [5.74, 6) is -0.376. The first-order valence-corrected chi connectivity index (χ1v) is 5.26. The van der Waals surface area contributed by atoms with E-state index in [9.17, 15) is 14.5 Å². The fourth-order valence-electron chi connectivity index (χ4n) is 1.59. The minimum atomic E-state index is -0.485. The van der Waals surface area contributed by atoms with Crippen LogP contribution in [-0.2, 0) is 0 Å². The molecule has 2 rings (SSSR count). The van der Waals surface area contributed by atoms with Gasteiger partial charge < -0.3 is 0 Å². The van der Waals surface area contributed by atoms with Crippen LogP contribution in [0.15, 0.2) is 47.4 Å². The van der Waals surface area contributed by atoms with Gasteiger partial charge in [0.05, 0.1) is 15.4 Å². The second-order valence-corrected chi connectivity index (χ2v) is 3.92. The van der Waals surface area contributed by atoms with E-state index < -0.39 is 4.92 Å². The van der Waals surface area contributed by atoms with Crippen molar-refractivity contribution in [2.45, 2.75) is 4.90 Å². The van der Waals surface area contributed by atoms with Crippen molar-refractivity contribution < 1.29 is 9.31 Å². The Labute approximate surface area is 102 Å². The molecule has 2 aromatic rings. The zero-order chi connectivity index (χ0) is 12.4. The van der Waals surface area contributed by atoms with Gasteiger partial charge in [-0.25, -0.2) is 4.39 Å². The lowest BCUT2D eigenvalue weighted by Crippen LogP contribution is -1.93. The number of rotatable bonds is 2. The first kappa shape index (κ1) is 11.6. The van der Waals surface area contributed by atoms with E-state index in [4.69, 9.17) is 0 Å². The summed E-state index contributed by atoms with van der Waals surface area (Å²) in [7, 11) is 0. The Bertz CT molecular complexity index is 569. The van der Waals surface area contributed by atoms with Gasteiger partial charge in [-0.05, 0) is 29.8 Å². The maximum absolute atomic E-state index is 12.8. The Balaban J connectivity index is 2.63. The predicted molar refractivity (Wildman–Crippen MR) is 65.7 cm³/mol. The summed E-state index contributed by atoms with van der Waals surface area (Å²) in [4.78, 5) is 10.8. The molecular weight excluding hydrogens is 241 g/mol. The summed E-state index contributed by atoms with van der Waals surface area (Å²) >= 11 is 4.06. The average Bonchev–Trinajstić information content (AvgIpc) is 2.29. The number of halogens is 1. The average molecular weight is 249 g/mol. The van der Waals surface area contributed by atoms with Gasteiger partial charge in [-0.2, -0.15) is 0 Å². The Morgan fingerprint density at radius 1 is 1.12 bits per heavy atom. The summed E-state index contributed by atoms with van der Waals surface area (Å²) in [6.45, 7) is 0. The van der Waals surface area contributed by atoms with Crippen LogP contribution in [0.5, 0.6) is 0 Å². The standard InChI is InChI=1S/C12H8FNO2S/c13-9-6-4-8(5-7-9)10-2-1-3-11(17)12(10)14(15)16/h1-7,17H. The monoisotopic (exact) mass is 249 g/mol. The summed E-state index contributed by atoms with van der Waals surface area (Å²) < 4.78 is 12.8. The van der Waals surface area contributed by atoms with E-state index in [1.165, 1.54) is 24.3 Å². The highest BCUT2D eigenvalue weighted by atomic mass is 32.1. The Kier molecular flexibility index (Phi) is 3.10. The van der Waals surface area contributed by atoms with Crippen LogP contribution in [0.3, 0.4) is 0 Å². The lowest BCUT2D eigenvalue weighted by Gasteiger charge is -2.04. The van der Waals surface area contributed by atoms with Crippen LogP contribution in [0.1, 0.15) is 0 Å². The number of thiol groups is 1. The van der Waals surface area contributed by atoms with Crippen LogP contribution >= 0.6 is 12.6 Å². The molecule has 0 radical (unpaired) electrons. The molecule has 17 heavy (non-hydrogen) atoms. The molecule has 0 aliphatic carbocycles. The third kappa shape index (κ3) is 2.29. The number of hydrogen-bond donors (Lipinski definition) is 1. The highest BCUT2D eigenvalue weighted by Crippen LogP contribution is 2.34. The van der Waals surface area contributed by atoms with Gasteiger partial charge in [0.2, 0.25) is 0 Å². The van der Waals surface area contributed by atoms with E-state index in [1.54, 1.807) is 18.2 Å². The lowest BCUT2D eigenvalue weighted by molar-refractivity contribution is -0.387. The fourth-order valence-corrected chi connectivity index (χ4v) is 1.87. The molecule has 2 aromatic carbocycles. The minimum Gasteiger partial charge on any atom is -0.258 e. The molecule has 0 aromatic heterocycles. The van der Waals surface area contributed by atoms with Crippen LogP contribution in [0.25, 0.3) is 11.1 Å². The third-order valence-corrected chi connectivity index (χ3v) is 2.71. The van der Waals surface area contributed by atoms with Gasteiger partial charge in [-0.1, -0.05) is 18.2 Å². The van der Waals surface area contributed by atoms with Crippen molar-refractivity contribution in [3.63, 3.8) is 0 Å². The Morgan fingerprint density at radius 3 is 2.35 bits per heavy atom. The topological polar surface area (TPSA) is 43.1 Å². The summed E-state index contributed by atoms with van der Waals surface area (Å²) in [6.07, 6.45) is 0. The highest BCUT2D eigenvalue weighted by Gasteiger charge is 2.18. The maximum Gasteiger partial charge on any atom is 0.290 e. The summed E-state index contributed by atoms with van der Waals surface area (Å²) in [5, 5.41) is 11.0. The number of benzene rings is 2. The molecule has 0 amide bonds. The lowest BCUT2D eigenvalue weighted by atomic mass is 10.0. The third-order valence-electron chi connectivity index (χ3n) is 2.35. The van der Waals surface area contributed by atoms with Crippen LogP contribution < -0.4 is 0 Å². The van der Waals surface area contributed by atoms with Crippen molar-refractivity contribution >= 4 is 18.3 Å². The number of nitro groups is 1. The number of hydrogen-bond acceptors (Lipinski definition) is 3. The SMILES string of the molecule is O=[N+]([O-])c1c(S)cccc1-c1ccc(F)cc1. The van der Waals surface area contributed by atoms with Gasteiger partial charge in [-0.3, -0.25) is 10.1 Å². The van der Waals surface area contributed by atoms with E-state index in [0.717, 1.165) is 0 Å². The van der Waals surface area contributed by atoms with Gasteiger partial charge in [0, 0.05) is 0 Å². The van der Waals surface area contributed by atoms with Gasteiger partial charge in [0.15, 0.2) is 0 Å². The maximum atomic E-state index is 12.8. The minimum absolute atomic E-state index is 0.0672. The first-order chi connectivity index (χ1) is 8.09. The molecule has 0 bridgehead atoms. The van der Waals surface area contributed by atoms with Crippen molar-refractivity contribution in [3.05, 3.63) is 58.4 Å². The first-order valence-electron chi connectivity index (χ1n) is 4.82. The van der Waals surface area contributed by atoms with Crippen LogP contribution in [-0.4, -0.2) is 4.92 Å². The molecule has 0 aliphatic heterocycles. The predicted octanol–water partition coefficient (Wildman–Crippen LogP) is 3.69. The molecule has 0 unspecified atom stereocenters. The number of para-hydroxylation sites is 1. The van der Waals surface area contributed by atoms with E-state index in [1.807, 2.05) is 0 Å². The van der Waals surface area contributed by atoms with Gasteiger partial charge in [0.25, 0.3) is 5.69 Å². The van der Waals surface area contributed by atoms with Crippen LogP contribution in [0.4, 0.5) is 10.1 Å². The zero-order valence-electron chi connectivity index (χ0n) is 8.63. The molecule has 3 nitrogen and oxygen atoms in total. The van der Waals surface area contributed by atoms with Gasteiger partial charge in [-0.15, -0.1) is 12.6 Å². The number of nitro benzene ring substituents is 1. The highest BCUT2D eigenvalue weighted by molar-refractivity contribution is 7.80. The molecule has 5 heteroatoms. The van der Waals surface area contributed by atoms with Gasteiger partial charge in [0.1, 0.15) is 5.82 Å². The van der Waals surface area contributed by atoms with E-state index >= 15 is 0 Å².